The zero-order chi connectivity index (χ0) is 31.4. The lowest BCUT2D eigenvalue weighted by Crippen LogP contribution is -2.55. The van der Waals surface area contributed by atoms with Crippen LogP contribution < -0.4 is 0 Å². The highest BCUT2D eigenvalue weighted by Crippen LogP contribution is 2.41. The van der Waals surface area contributed by atoms with Gasteiger partial charge in [-0.3, -0.25) is 0 Å². The fourth-order valence-corrected chi connectivity index (χ4v) is 6.47. The number of alkyl halides is 3. The van der Waals surface area contributed by atoms with Gasteiger partial charge in [-0.05, 0) is 86.9 Å². The normalized spacial score (nSPS) is 21.1. The zero-order valence-corrected chi connectivity index (χ0v) is 25.5. The summed E-state index contributed by atoms with van der Waals surface area (Å²) in [4.78, 5) is 39.3. The molecule has 1 unspecified atom stereocenters. The molecule has 5 heterocycles. The number of rotatable bonds is 2. The number of benzene rings is 1. The van der Waals surface area contributed by atoms with E-state index in [0.29, 0.717) is 19.5 Å². The molecule has 2 atom stereocenters. The van der Waals surface area contributed by atoms with Gasteiger partial charge in [-0.15, -0.1) is 0 Å². The van der Waals surface area contributed by atoms with Crippen LogP contribution in [0.5, 0.6) is 0 Å². The minimum atomic E-state index is -4.54. The number of hydrogen-bond donors (Lipinski definition) is 1. The van der Waals surface area contributed by atoms with Crippen LogP contribution >= 0.6 is 0 Å². The van der Waals surface area contributed by atoms with E-state index < -0.39 is 30.5 Å². The van der Waals surface area contributed by atoms with Crippen molar-refractivity contribution in [3.63, 3.8) is 0 Å². The molecule has 1 N–H and O–H groups in total. The number of nitrogens with one attached hydrogen (secondary N) is 1. The second-order valence-electron chi connectivity index (χ2n) is 12.9. The van der Waals surface area contributed by atoms with Crippen molar-refractivity contribution >= 4 is 23.2 Å². The van der Waals surface area contributed by atoms with Gasteiger partial charge in [0.15, 0.2) is 6.10 Å². The molecule has 44 heavy (non-hydrogen) atoms. The average molecular weight is 614 g/mol. The summed E-state index contributed by atoms with van der Waals surface area (Å²) in [5, 5.41) is 1.03. The molecule has 9 nitrogen and oxygen atoms in total. The Morgan fingerprint density at radius 1 is 1.07 bits per heavy atom. The first-order valence-corrected chi connectivity index (χ1v) is 15.1. The minimum absolute atomic E-state index is 0.101. The van der Waals surface area contributed by atoms with Crippen LogP contribution in [-0.2, 0) is 22.4 Å². The number of carbonyl (C=O) groups excluding carboxylic acids is 2. The molecular weight excluding hydrogens is 575 g/mol. The van der Waals surface area contributed by atoms with Gasteiger partial charge in [0.05, 0.1) is 19.2 Å². The minimum Gasteiger partial charge on any atom is -0.444 e. The van der Waals surface area contributed by atoms with Crippen LogP contribution in [0.25, 0.3) is 22.2 Å². The molecule has 0 aliphatic carbocycles. The molecule has 3 aromatic rings. The summed E-state index contributed by atoms with van der Waals surface area (Å²) in [6.45, 7) is 8.10. The third-order valence-electron chi connectivity index (χ3n) is 8.66. The predicted molar refractivity (Wildman–Crippen MR) is 158 cm³/mol. The van der Waals surface area contributed by atoms with Crippen molar-refractivity contribution in [2.75, 3.05) is 32.8 Å². The van der Waals surface area contributed by atoms with Crippen LogP contribution in [0.2, 0.25) is 0 Å². The van der Waals surface area contributed by atoms with Gasteiger partial charge >= 0.3 is 18.3 Å². The van der Waals surface area contributed by atoms with E-state index >= 15 is 0 Å². The molecule has 2 saturated heterocycles. The number of pyridine rings is 1. The molecule has 2 aromatic heterocycles. The first-order valence-electron chi connectivity index (χ1n) is 15.1. The van der Waals surface area contributed by atoms with Crippen molar-refractivity contribution in [2.24, 2.45) is 0 Å². The number of halogens is 3. The molecule has 6 rings (SSSR count). The Balaban J connectivity index is 1.36. The van der Waals surface area contributed by atoms with Gasteiger partial charge in [0.25, 0.3) is 0 Å². The van der Waals surface area contributed by atoms with Crippen LogP contribution in [0.3, 0.4) is 0 Å². The second kappa shape index (κ2) is 11.3. The first-order chi connectivity index (χ1) is 20.8. The highest BCUT2D eigenvalue weighted by molar-refractivity contribution is 5.85. The molecule has 12 heteroatoms. The maximum absolute atomic E-state index is 13.5. The molecule has 2 fully saturated rings. The van der Waals surface area contributed by atoms with E-state index in [1.165, 1.54) is 4.90 Å². The van der Waals surface area contributed by atoms with Crippen molar-refractivity contribution < 1.29 is 32.2 Å². The topological polar surface area (TPSA) is 91.0 Å². The highest BCUT2D eigenvalue weighted by atomic mass is 19.4. The Morgan fingerprint density at radius 2 is 1.86 bits per heavy atom. The summed E-state index contributed by atoms with van der Waals surface area (Å²) in [5.74, 6) is 0. The van der Waals surface area contributed by atoms with Crippen LogP contribution in [0.15, 0.2) is 30.6 Å². The third kappa shape index (κ3) is 5.96. The van der Waals surface area contributed by atoms with E-state index in [1.54, 1.807) is 9.80 Å². The van der Waals surface area contributed by atoms with E-state index in [2.05, 4.69) is 28.2 Å². The SMILES string of the molecule is Cc1c[nH]c2ncc(-c3cc4c(c([C@@H]5CCCN5C(=O)OC(C)(C)C)c3)CN(C(=O)N3CCOC(C(F)(F)F)C3)CC4)cc12. The molecule has 0 saturated carbocycles. The lowest BCUT2D eigenvalue weighted by Gasteiger charge is -2.39. The molecule has 0 bridgehead atoms. The van der Waals surface area contributed by atoms with E-state index in [0.717, 1.165) is 57.3 Å². The van der Waals surface area contributed by atoms with Gasteiger partial charge in [0.1, 0.15) is 11.2 Å². The number of aryl methyl sites for hydroxylation is 1. The van der Waals surface area contributed by atoms with Gasteiger partial charge < -0.3 is 29.2 Å². The number of nitrogens with zero attached hydrogens (tertiary/aromatic N) is 4. The van der Waals surface area contributed by atoms with Crippen LogP contribution in [0.4, 0.5) is 22.8 Å². The van der Waals surface area contributed by atoms with Gasteiger partial charge in [-0.25, -0.2) is 14.6 Å². The molecular formula is C32H38F3N5O4. The largest absolute Gasteiger partial charge is 0.444 e. The number of H-pyrrole nitrogens is 1. The lowest BCUT2D eigenvalue weighted by atomic mass is 9.87. The van der Waals surface area contributed by atoms with Gasteiger partial charge in [0, 0.05) is 49.5 Å². The average Bonchev–Trinajstić information content (AvgIpc) is 3.62. The van der Waals surface area contributed by atoms with Crippen molar-refractivity contribution in [1.29, 1.82) is 0 Å². The summed E-state index contributed by atoms with van der Waals surface area (Å²) in [5.41, 5.74) is 6.06. The molecule has 3 aliphatic rings. The number of amides is 3. The van der Waals surface area contributed by atoms with Gasteiger partial charge in [0.2, 0.25) is 0 Å². The Hall–Kier alpha value is -3.80. The quantitative estimate of drug-likeness (QED) is 0.364. The fraction of sp³-hybridized carbons (Fsp3) is 0.531. The number of fused-ring (bicyclic) bond motifs is 2. The van der Waals surface area contributed by atoms with Crippen molar-refractivity contribution in [2.45, 2.75) is 77.4 Å². The Bertz CT molecular complexity index is 1580. The van der Waals surface area contributed by atoms with E-state index in [9.17, 15) is 22.8 Å². The maximum Gasteiger partial charge on any atom is 0.416 e. The third-order valence-corrected chi connectivity index (χ3v) is 8.66. The molecule has 0 spiro atoms. The lowest BCUT2D eigenvalue weighted by molar-refractivity contribution is -0.234. The molecule has 3 amide bonds. The fourth-order valence-electron chi connectivity index (χ4n) is 6.47. The summed E-state index contributed by atoms with van der Waals surface area (Å²) in [6.07, 6.45) is -1.10. The maximum atomic E-state index is 13.5. The summed E-state index contributed by atoms with van der Waals surface area (Å²) >= 11 is 0. The number of urea groups is 1. The van der Waals surface area contributed by atoms with E-state index in [1.807, 2.05) is 40.1 Å². The standard InChI is InChI=1S/C32H38F3N5O4/c1-19-15-36-28-23(19)14-22(16-37-28)21-12-20-7-9-38(29(41)39-10-11-43-27(18-39)32(33,34)35)17-25(20)24(13-21)26-6-5-8-40(26)30(42)44-31(2,3)4/h12-16,26-27H,5-11,17-18H2,1-4H3,(H,36,37)/t26-,27?/m0/s1. The smallest absolute Gasteiger partial charge is 0.416 e. The monoisotopic (exact) mass is 613 g/mol. The number of morpholine rings is 1. The van der Waals surface area contributed by atoms with Crippen molar-refractivity contribution in [3.05, 3.63) is 52.8 Å². The Morgan fingerprint density at radius 3 is 2.61 bits per heavy atom. The van der Waals surface area contributed by atoms with Gasteiger partial charge in [-0.2, -0.15) is 13.2 Å². The number of aromatic nitrogens is 2. The van der Waals surface area contributed by atoms with Crippen LogP contribution in [0.1, 0.15) is 61.9 Å². The predicted octanol–water partition coefficient (Wildman–Crippen LogP) is 6.35. The molecule has 3 aliphatic heterocycles. The Labute approximate surface area is 254 Å². The van der Waals surface area contributed by atoms with Gasteiger partial charge in [-0.1, -0.05) is 6.07 Å². The number of hydrogen-bond acceptors (Lipinski definition) is 5. The van der Waals surface area contributed by atoms with Crippen molar-refractivity contribution in [3.8, 4) is 11.1 Å². The number of aromatic amines is 1. The first kappa shape index (κ1) is 30.2. The summed E-state index contributed by atoms with van der Waals surface area (Å²) in [6, 6.07) is 5.61. The number of likely N-dealkylation sites (tertiary alicyclic amines) is 1. The molecule has 236 valence electrons. The van der Waals surface area contributed by atoms with E-state index in [-0.39, 0.29) is 31.8 Å². The second-order valence-corrected chi connectivity index (χ2v) is 12.9. The highest BCUT2D eigenvalue weighted by Gasteiger charge is 2.45. The summed E-state index contributed by atoms with van der Waals surface area (Å²) < 4.78 is 50.8. The zero-order valence-electron chi connectivity index (χ0n) is 25.5. The van der Waals surface area contributed by atoms with Crippen LogP contribution in [-0.4, -0.2) is 87.5 Å². The Kier molecular flexibility index (Phi) is 7.75. The molecule has 1 aromatic carbocycles. The van der Waals surface area contributed by atoms with Crippen LogP contribution in [0, 0.1) is 6.92 Å². The van der Waals surface area contributed by atoms with E-state index in [4.69, 9.17) is 9.47 Å². The van der Waals surface area contributed by atoms with Crippen molar-refractivity contribution in [1.82, 2.24) is 24.7 Å². The summed E-state index contributed by atoms with van der Waals surface area (Å²) in [7, 11) is 0. The molecule has 0 radical (unpaired) electrons. The number of carbonyl (C=O) groups is 2. The number of ether oxygens (including phenoxy) is 2.